The highest BCUT2D eigenvalue weighted by molar-refractivity contribution is 7.89. The monoisotopic (exact) mass is 333 g/mol. The molecule has 3 nitrogen and oxygen atoms in total. The minimum absolute atomic E-state index is 0.372. The molecule has 1 aromatic carbocycles. The number of halogens is 2. The van der Waals surface area contributed by atoms with Crippen molar-refractivity contribution in [2.24, 2.45) is 0 Å². The molecule has 6 heteroatoms. The average Bonchev–Trinajstić information content (AvgIpc) is 2.45. The number of sulfonamides is 1. The molecule has 0 fully saturated rings. The molecule has 0 saturated heterocycles. The van der Waals surface area contributed by atoms with E-state index in [0.29, 0.717) is 19.2 Å². The Morgan fingerprint density at radius 2 is 1.50 bits per heavy atom. The van der Waals surface area contributed by atoms with E-state index in [1.165, 1.54) is 4.31 Å². The third-order valence-electron chi connectivity index (χ3n) is 3.53. The van der Waals surface area contributed by atoms with Crippen LogP contribution >= 0.6 is 0 Å². The standard InChI is InChI=1S/C16H25F2NO2S/c1-3-5-7-11-19(12-8-6-4-2)22(20,21)16-10-9-14(17)13-15(16)18/h9-10,13H,3-8,11-12H2,1-2H3. The van der Waals surface area contributed by atoms with Crippen molar-refractivity contribution in [2.45, 2.75) is 57.3 Å². The fourth-order valence-electron chi connectivity index (χ4n) is 2.25. The van der Waals surface area contributed by atoms with Crippen molar-refractivity contribution in [1.29, 1.82) is 0 Å². The molecule has 0 saturated carbocycles. The van der Waals surface area contributed by atoms with Gasteiger partial charge in [0.05, 0.1) is 0 Å². The van der Waals surface area contributed by atoms with Gasteiger partial charge in [-0.2, -0.15) is 4.31 Å². The van der Waals surface area contributed by atoms with Crippen LogP contribution in [0.25, 0.3) is 0 Å². The molecule has 0 amide bonds. The Kier molecular flexibility index (Phi) is 7.96. The molecule has 0 unspecified atom stereocenters. The van der Waals surface area contributed by atoms with Gasteiger partial charge in [-0.3, -0.25) is 0 Å². The van der Waals surface area contributed by atoms with E-state index < -0.39 is 26.6 Å². The first-order valence-corrected chi connectivity index (χ1v) is 9.32. The van der Waals surface area contributed by atoms with E-state index in [1.54, 1.807) is 0 Å². The molecule has 1 rings (SSSR count). The molecule has 0 N–H and O–H groups in total. The van der Waals surface area contributed by atoms with Crippen molar-refractivity contribution >= 4 is 10.0 Å². The van der Waals surface area contributed by atoms with Crippen molar-refractivity contribution in [3.8, 4) is 0 Å². The summed E-state index contributed by atoms with van der Waals surface area (Å²) in [6.07, 6.45) is 5.29. The molecule has 0 aliphatic rings. The first-order chi connectivity index (χ1) is 10.4. The number of benzene rings is 1. The van der Waals surface area contributed by atoms with Gasteiger partial charge in [0.2, 0.25) is 10.0 Å². The van der Waals surface area contributed by atoms with Gasteiger partial charge in [-0.15, -0.1) is 0 Å². The lowest BCUT2D eigenvalue weighted by Crippen LogP contribution is -2.33. The Balaban J connectivity index is 2.97. The Morgan fingerprint density at radius 1 is 0.955 bits per heavy atom. The van der Waals surface area contributed by atoms with Crippen molar-refractivity contribution < 1.29 is 17.2 Å². The summed E-state index contributed by atoms with van der Waals surface area (Å²) in [4.78, 5) is -0.443. The smallest absolute Gasteiger partial charge is 0.207 e. The van der Waals surface area contributed by atoms with Gasteiger partial charge in [0.25, 0.3) is 0 Å². The highest BCUT2D eigenvalue weighted by atomic mass is 32.2. The average molecular weight is 333 g/mol. The molecule has 0 aromatic heterocycles. The van der Waals surface area contributed by atoms with E-state index in [-0.39, 0.29) is 0 Å². The van der Waals surface area contributed by atoms with Crippen LogP contribution < -0.4 is 0 Å². The predicted octanol–water partition coefficient (Wildman–Crippen LogP) is 4.34. The summed E-state index contributed by atoms with van der Waals surface area (Å²) in [6.45, 7) is 4.82. The summed E-state index contributed by atoms with van der Waals surface area (Å²) < 4.78 is 53.4. The first-order valence-electron chi connectivity index (χ1n) is 7.88. The molecule has 0 aliphatic heterocycles. The Morgan fingerprint density at radius 3 is 1.95 bits per heavy atom. The summed E-state index contributed by atoms with van der Waals surface area (Å²) in [5, 5.41) is 0. The second-order valence-corrected chi connectivity index (χ2v) is 7.30. The Labute approximate surface area is 132 Å². The molecular formula is C16H25F2NO2S. The molecule has 22 heavy (non-hydrogen) atoms. The fourth-order valence-corrected chi connectivity index (χ4v) is 3.81. The molecule has 1 aromatic rings. The lowest BCUT2D eigenvalue weighted by Gasteiger charge is -2.22. The van der Waals surface area contributed by atoms with Crippen LogP contribution in [-0.4, -0.2) is 25.8 Å². The molecule has 0 atom stereocenters. The van der Waals surface area contributed by atoms with E-state index >= 15 is 0 Å². The molecule has 126 valence electrons. The number of nitrogens with zero attached hydrogens (tertiary/aromatic N) is 1. The molecule has 0 bridgehead atoms. The minimum atomic E-state index is -3.92. The highest BCUT2D eigenvalue weighted by Gasteiger charge is 2.26. The lowest BCUT2D eigenvalue weighted by molar-refractivity contribution is 0.386. The maximum Gasteiger partial charge on any atom is 0.245 e. The number of hydrogen-bond acceptors (Lipinski definition) is 2. The van der Waals surface area contributed by atoms with Crippen LogP contribution in [0.2, 0.25) is 0 Å². The van der Waals surface area contributed by atoms with Gasteiger partial charge in [0, 0.05) is 19.2 Å². The summed E-state index contributed by atoms with van der Waals surface area (Å²) in [7, 11) is -3.92. The van der Waals surface area contributed by atoms with E-state index in [4.69, 9.17) is 0 Å². The van der Waals surface area contributed by atoms with Crippen molar-refractivity contribution in [2.75, 3.05) is 13.1 Å². The van der Waals surface area contributed by atoms with Gasteiger partial charge in [-0.05, 0) is 25.0 Å². The van der Waals surface area contributed by atoms with Gasteiger partial charge in [0.15, 0.2) is 0 Å². The number of rotatable bonds is 10. The summed E-state index contributed by atoms with van der Waals surface area (Å²) >= 11 is 0. The van der Waals surface area contributed by atoms with Crippen molar-refractivity contribution in [3.63, 3.8) is 0 Å². The molecule has 0 radical (unpaired) electrons. The highest BCUT2D eigenvalue weighted by Crippen LogP contribution is 2.21. The third-order valence-corrected chi connectivity index (χ3v) is 5.47. The SMILES string of the molecule is CCCCCN(CCCCC)S(=O)(=O)c1ccc(F)cc1F. The first kappa shape index (κ1) is 19.0. The van der Waals surface area contributed by atoms with Gasteiger partial charge in [0.1, 0.15) is 16.5 Å². The van der Waals surface area contributed by atoms with E-state index in [1.807, 2.05) is 13.8 Å². The van der Waals surface area contributed by atoms with Gasteiger partial charge in [-0.25, -0.2) is 17.2 Å². The lowest BCUT2D eigenvalue weighted by atomic mass is 10.2. The summed E-state index contributed by atoms with van der Waals surface area (Å²) in [6, 6.07) is 2.60. The Bertz CT molecular complexity index is 551. The van der Waals surface area contributed by atoms with Gasteiger partial charge in [-0.1, -0.05) is 39.5 Å². The maximum atomic E-state index is 13.8. The largest absolute Gasteiger partial charge is 0.245 e. The zero-order valence-electron chi connectivity index (χ0n) is 13.3. The quantitative estimate of drug-likeness (QED) is 0.597. The second kappa shape index (κ2) is 9.20. The van der Waals surface area contributed by atoms with Crippen LogP contribution in [-0.2, 0) is 10.0 Å². The van der Waals surface area contributed by atoms with E-state index in [0.717, 1.165) is 50.7 Å². The predicted molar refractivity (Wildman–Crippen MR) is 84.2 cm³/mol. The van der Waals surface area contributed by atoms with E-state index in [2.05, 4.69) is 0 Å². The zero-order valence-corrected chi connectivity index (χ0v) is 14.1. The van der Waals surface area contributed by atoms with E-state index in [9.17, 15) is 17.2 Å². The minimum Gasteiger partial charge on any atom is -0.207 e. The topological polar surface area (TPSA) is 37.4 Å². The summed E-state index contributed by atoms with van der Waals surface area (Å²) in [5.41, 5.74) is 0. The van der Waals surface area contributed by atoms with Gasteiger partial charge < -0.3 is 0 Å². The van der Waals surface area contributed by atoms with Crippen LogP contribution in [0, 0.1) is 11.6 Å². The van der Waals surface area contributed by atoms with Crippen molar-refractivity contribution in [3.05, 3.63) is 29.8 Å². The second-order valence-electron chi connectivity index (χ2n) is 5.39. The maximum absolute atomic E-state index is 13.8. The number of hydrogen-bond donors (Lipinski definition) is 0. The zero-order chi connectivity index (χ0) is 16.6. The van der Waals surface area contributed by atoms with Crippen LogP contribution in [0.3, 0.4) is 0 Å². The Hall–Kier alpha value is -1.01. The molecular weight excluding hydrogens is 308 g/mol. The third kappa shape index (κ3) is 5.32. The number of unbranched alkanes of at least 4 members (excludes halogenated alkanes) is 4. The van der Waals surface area contributed by atoms with Crippen molar-refractivity contribution in [1.82, 2.24) is 4.31 Å². The van der Waals surface area contributed by atoms with Gasteiger partial charge >= 0.3 is 0 Å². The fraction of sp³-hybridized carbons (Fsp3) is 0.625. The summed E-state index contributed by atoms with van der Waals surface area (Å²) in [5.74, 6) is -1.81. The van der Waals surface area contributed by atoms with Crippen LogP contribution in [0.4, 0.5) is 8.78 Å². The molecule has 0 aliphatic carbocycles. The van der Waals surface area contributed by atoms with Crippen LogP contribution in [0.1, 0.15) is 52.4 Å². The molecule has 0 spiro atoms. The van der Waals surface area contributed by atoms with Crippen LogP contribution in [0.5, 0.6) is 0 Å². The molecule has 0 heterocycles. The normalized spacial score (nSPS) is 12.0. The van der Waals surface area contributed by atoms with Crippen LogP contribution in [0.15, 0.2) is 23.1 Å².